The Kier molecular flexibility index (Phi) is 3.76. The van der Waals surface area contributed by atoms with Gasteiger partial charge in [0.15, 0.2) is 5.76 Å². The van der Waals surface area contributed by atoms with E-state index >= 15 is 0 Å². The van der Waals surface area contributed by atoms with Crippen molar-refractivity contribution < 1.29 is 9.21 Å². The number of rotatable bonds is 2. The minimum Gasteiger partial charge on any atom is -0.456 e. The maximum atomic E-state index is 12.5. The SMILES string of the molecule is Cc1cc(C)c(C(=O)N2CCC[C@@H](C)[C@H]2CN)o1. The fourth-order valence-electron chi connectivity index (χ4n) is 2.84. The molecule has 0 spiro atoms. The van der Waals surface area contributed by atoms with Gasteiger partial charge >= 0.3 is 0 Å². The minimum atomic E-state index is -0.0115. The molecule has 1 aromatic heterocycles. The van der Waals surface area contributed by atoms with E-state index in [2.05, 4.69) is 6.92 Å². The van der Waals surface area contributed by atoms with Crippen LogP contribution in [0.25, 0.3) is 0 Å². The van der Waals surface area contributed by atoms with Crippen molar-refractivity contribution in [2.45, 2.75) is 39.7 Å². The van der Waals surface area contributed by atoms with E-state index in [1.165, 1.54) is 0 Å². The number of piperidine rings is 1. The van der Waals surface area contributed by atoms with Gasteiger partial charge in [-0.05, 0) is 38.7 Å². The van der Waals surface area contributed by atoms with Crippen molar-refractivity contribution in [1.29, 1.82) is 0 Å². The van der Waals surface area contributed by atoms with Crippen LogP contribution in [0.5, 0.6) is 0 Å². The van der Waals surface area contributed by atoms with E-state index in [-0.39, 0.29) is 11.9 Å². The molecule has 2 N–H and O–H groups in total. The number of furan rings is 1. The van der Waals surface area contributed by atoms with Crippen LogP contribution in [-0.4, -0.2) is 29.9 Å². The van der Waals surface area contributed by atoms with Gasteiger partial charge in [-0.25, -0.2) is 0 Å². The molecule has 1 aliphatic heterocycles. The molecule has 1 saturated heterocycles. The molecular weight excluding hydrogens is 228 g/mol. The predicted molar refractivity (Wildman–Crippen MR) is 70.5 cm³/mol. The van der Waals surface area contributed by atoms with Gasteiger partial charge < -0.3 is 15.1 Å². The lowest BCUT2D eigenvalue weighted by Crippen LogP contribution is -2.51. The Bertz CT molecular complexity index is 439. The summed E-state index contributed by atoms with van der Waals surface area (Å²) in [4.78, 5) is 14.4. The molecule has 1 aliphatic rings. The standard InChI is InChI=1S/C14H22N2O2/c1-9-5-4-6-16(12(9)8-15)14(17)13-10(2)7-11(3)18-13/h7,9,12H,4-6,8,15H2,1-3H3/t9-,12-/m1/s1. The van der Waals surface area contributed by atoms with Crippen LogP contribution < -0.4 is 5.73 Å². The largest absolute Gasteiger partial charge is 0.456 e. The first-order valence-electron chi connectivity index (χ1n) is 6.62. The van der Waals surface area contributed by atoms with Crippen LogP contribution in [-0.2, 0) is 0 Å². The number of hydrogen-bond acceptors (Lipinski definition) is 3. The highest BCUT2D eigenvalue weighted by atomic mass is 16.4. The number of nitrogens with zero attached hydrogens (tertiary/aromatic N) is 1. The highest BCUT2D eigenvalue weighted by Crippen LogP contribution is 2.26. The molecule has 1 aromatic rings. The smallest absolute Gasteiger partial charge is 0.290 e. The second kappa shape index (κ2) is 5.14. The van der Waals surface area contributed by atoms with Crippen molar-refractivity contribution in [1.82, 2.24) is 4.90 Å². The van der Waals surface area contributed by atoms with Crippen molar-refractivity contribution in [2.75, 3.05) is 13.1 Å². The van der Waals surface area contributed by atoms with Gasteiger partial charge in [0.2, 0.25) is 0 Å². The van der Waals surface area contributed by atoms with Crippen LogP contribution in [0.15, 0.2) is 10.5 Å². The van der Waals surface area contributed by atoms with Crippen LogP contribution in [0.2, 0.25) is 0 Å². The van der Waals surface area contributed by atoms with E-state index < -0.39 is 0 Å². The zero-order valence-electron chi connectivity index (χ0n) is 11.4. The Labute approximate surface area is 108 Å². The lowest BCUT2D eigenvalue weighted by molar-refractivity contribution is 0.0499. The summed E-state index contributed by atoms with van der Waals surface area (Å²) in [5, 5.41) is 0. The first-order valence-corrected chi connectivity index (χ1v) is 6.62. The van der Waals surface area contributed by atoms with Gasteiger partial charge in [-0.1, -0.05) is 6.92 Å². The summed E-state index contributed by atoms with van der Waals surface area (Å²) >= 11 is 0. The Hall–Kier alpha value is -1.29. The fraction of sp³-hybridized carbons (Fsp3) is 0.643. The molecule has 0 radical (unpaired) electrons. The van der Waals surface area contributed by atoms with E-state index in [9.17, 15) is 4.79 Å². The van der Waals surface area contributed by atoms with Crippen LogP contribution >= 0.6 is 0 Å². The van der Waals surface area contributed by atoms with E-state index in [4.69, 9.17) is 10.2 Å². The van der Waals surface area contributed by atoms with Crippen LogP contribution in [0.1, 0.15) is 41.6 Å². The van der Waals surface area contributed by atoms with Gasteiger partial charge in [-0.3, -0.25) is 4.79 Å². The molecule has 0 unspecified atom stereocenters. The highest BCUT2D eigenvalue weighted by molar-refractivity contribution is 5.93. The van der Waals surface area contributed by atoms with Gasteiger partial charge in [-0.2, -0.15) is 0 Å². The molecule has 100 valence electrons. The van der Waals surface area contributed by atoms with E-state index in [1.807, 2.05) is 24.8 Å². The number of likely N-dealkylation sites (tertiary alicyclic amines) is 1. The zero-order valence-corrected chi connectivity index (χ0v) is 11.4. The summed E-state index contributed by atoms with van der Waals surface area (Å²) in [5.74, 6) is 1.71. The van der Waals surface area contributed by atoms with Crippen molar-refractivity contribution in [2.24, 2.45) is 11.7 Å². The van der Waals surface area contributed by atoms with Gasteiger partial charge in [0, 0.05) is 24.7 Å². The first kappa shape index (κ1) is 13.1. The third kappa shape index (κ3) is 2.29. The average molecular weight is 250 g/mol. The predicted octanol–water partition coefficient (Wildman–Crippen LogP) is 2.10. The second-order valence-corrected chi connectivity index (χ2v) is 5.29. The van der Waals surface area contributed by atoms with E-state index in [0.717, 1.165) is 30.7 Å². The number of aryl methyl sites for hydroxylation is 2. The van der Waals surface area contributed by atoms with Crippen molar-refractivity contribution in [3.05, 3.63) is 23.2 Å². The van der Waals surface area contributed by atoms with Crippen LogP contribution in [0, 0.1) is 19.8 Å². The molecule has 0 saturated carbocycles. The fourth-order valence-corrected chi connectivity index (χ4v) is 2.84. The summed E-state index contributed by atoms with van der Waals surface area (Å²) in [6, 6.07) is 2.04. The molecule has 4 heteroatoms. The Morgan fingerprint density at radius 3 is 2.83 bits per heavy atom. The number of hydrogen-bond donors (Lipinski definition) is 1. The van der Waals surface area contributed by atoms with Crippen molar-refractivity contribution >= 4 is 5.91 Å². The Morgan fingerprint density at radius 1 is 1.56 bits per heavy atom. The summed E-state index contributed by atoms with van der Waals surface area (Å²) in [5.41, 5.74) is 6.73. The molecule has 2 atom stereocenters. The molecular formula is C14H22N2O2. The van der Waals surface area contributed by atoms with Gasteiger partial charge in [-0.15, -0.1) is 0 Å². The topological polar surface area (TPSA) is 59.5 Å². The molecule has 2 rings (SSSR count). The van der Waals surface area contributed by atoms with Crippen molar-refractivity contribution in [3.8, 4) is 0 Å². The summed E-state index contributed by atoms with van der Waals surface area (Å²) in [6.45, 7) is 7.24. The monoisotopic (exact) mass is 250 g/mol. The van der Waals surface area contributed by atoms with Gasteiger partial charge in [0.05, 0.1) is 0 Å². The Morgan fingerprint density at radius 2 is 2.28 bits per heavy atom. The molecule has 0 bridgehead atoms. The lowest BCUT2D eigenvalue weighted by atomic mass is 9.90. The molecule has 0 aliphatic carbocycles. The quantitative estimate of drug-likeness (QED) is 0.874. The minimum absolute atomic E-state index is 0.0115. The van der Waals surface area contributed by atoms with Crippen LogP contribution in [0.3, 0.4) is 0 Å². The number of amides is 1. The summed E-state index contributed by atoms with van der Waals surface area (Å²) in [7, 11) is 0. The molecule has 4 nitrogen and oxygen atoms in total. The maximum absolute atomic E-state index is 12.5. The molecule has 1 amide bonds. The van der Waals surface area contributed by atoms with Crippen LogP contribution in [0.4, 0.5) is 0 Å². The molecule has 1 fully saturated rings. The molecule has 18 heavy (non-hydrogen) atoms. The molecule has 0 aromatic carbocycles. The lowest BCUT2D eigenvalue weighted by Gasteiger charge is -2.39. The van der Waals surface area contributed by atoms with Gasteiger partial charge in [0.25, 0.3) is 5.91 Å². The third-order valence-corrected chi connectivity index (χ3v) is 3.85. The van der Waals surface area contributed by atoms with Gasteiger partial charge in [0.1, 0.15) is 5.76 Å². The normalized spacial score (nSPS) is 24.3. The molecule has 2 heterocycles. The first-order chi connectivity index (χ1) is 8.54. The number of nitrogens with two attached hydrogens (primary N) is 1. The maximum Gasteiger partial charge on any atom is 0.290 e. The average Bonchev–Trinajstić information content (AvgIpc) is 2.67. The number of carbonyl (C=O) groups excluding carboxylic acids is 1. The van der Waals surface area contributed by atoms with Crippen molar-refractivity contribution in [3.63, 3.8) is 0 Å². The Balaban J connectivity index is 2.24. The number of carbonyl (C=O) groups is 1. The zero-order chi connectivity index (χ0) is 13.3. The second-order valence-electron chi connectivity index (χ2n) is 5.29. The van der Waals surface area contributed by atoms with E-state index in [0.29, 0.717) is 18.2 Å². The third-order valence-electron chi connectivity index (χ3n) is 3.85. The highest BCUT2D eigenvalue weighted by Gasteiger charge is 2.33. The van der Waals surface area contributed by atoms with E-state index in [1.54, 1.807) is 0 Å². The summed E-state index contributed by atoms with van der Waals surface area (Å²) in [6.07, 6.45) is 2.18. The summed E-state index contributed by atoms with van der Waals surface area (Å²) < 4.78 is 5.53.